The van der Waals surface area contributed by atoms with Crippen molar-refractivity contribution in [2.45, 2.75) is 6.18 Å². The maximum Gasteiger partial charge on any atom is 0.422 e. The third-order valence-electron chi connectivity index (χ3n) is 1.61. The Kier molecular flexibility index (Phi) is 3.31. The fourth-order valence-electron chi connectivity index (χ4n) is 0.787. The molecule has 0 aromatic heterocycles. The topological polar surface area (TPSA) is 26.3 Å². The van der Waals surface area contributed by atoms with Gasteiger partial charge >= 0.3 is 12.1 Å². The van der Waals surface area contributed by atoms with Gasteiger partial charge in [-0.25, -0.2) is 9.18 Å². The third-order valence-corrected chi connectivity index (χ3v) is 1.61. The summed E-state index contributed by atoms with van der Waals surface area (Å²) in [7, 11) is 0. The van der Waals surface area contributed by atoms with Crippen LogP contribution in [0.3, 0.4) is 0 Å². The molecule has 0 heterocycles. The van der Waals surface area contributed by atoms with Crippen molar-refractivity contribution in [3.8, 4) is 5.75 Å². The number of alkyl halides is 3. The summed E-state index contributed by atoms with van der Waals surface area (Å²) in [5, 5.41) is 0. The van der Waals surface area contributed by atoms with Crippen LogP contribution in [0.15, 0.2) is 36.4 Å². The minimum atomic E-state index is -4.84. The molecule has 6 heteroatoms. The Morgan fingerprint density at radius 1 is 1.19 bits per heavy atom. The van der Waals surface area contributed by atoms with E-state index in [1.54, 1.807) is 0 Å². The van der Waals surface area contributed by atoms with Crippen molar-refractivity contribution in [3.63, 3.8) is 0 Å². The van der Waals surface area contributed by atoms with Crippen molar-refractivity contribution < 1.29 is 27.1 Å². The maximum absolute atomic E-state index is 12.4. The summed E-state index contributed by atoms with van der Waals surface area (Å²) < 4.78 is 52.8. The molecule has 0 saturated carbocycles. The minimum absolute atomic E-state index is 0.184. The number of hydrogen-bond acceptors (Lipinski definition) is 2. The fraction of sp³-hybridized carbons (Fsp3) is 0.100. The van der Waals surface area contributed by atoms with Crippen LogP contribution in [0, 0.1) is 5.82 Å². The van der Waals surface area contributed by atoms with Crippen molar-refractivity contribution in [3.05, 3.63) is 42.2 Å². The van der Waals surface area contributed by atoms with Gasteiger partial charge in [-0.3, -0.25) is 0 Å². The average Bonchev–Trinajstić information content (AvgIpc) is 2.19. The van der Waals surface area contributed by atoms with E-state index < -0.39 is 23.5 Å². The Morgan fingerprint density at radius 3 is 2.12 bits per heavy atom. The molecule has 0 saturated heterocycles. The number of benzene rings is 1. The third kappa shape index (κ3) is 3.08. The van der Waals surface area contributed by atoms with Gasteiger partial charge < -0.3 is 4.74 Å². The molecule has 0 amide bonds. The van der Waals surface area contributed by atoms with Crippen molar-refractivity contribution in [1.29, 1.82) is 0 Å². The molecule has 1 aromatic rings. The predicted molar refractivity (Wildman–Crippen MR) is 47.2 cm³/mol. The zero-order chi connectivity index (χ0) is 12.3. The summed E-state index contributed by atoms with van der Waals surface area (Å²) >= 11 is 0. The standard InChI is InChI=1S/C10H6F4O2/c1-6(10(12,13)14)9(15)16-8-4-2-7(11)3-5-8/h2-5H,1H2. The molecule has 0 bridgehead atoms. The first-order valence-electron chi connectivity index (χ1n) is 4.04. The SMILES string of the molecule is C=C(C(=O)Oc1ccc(F)cc1)C(F)(F)F. The van der Waals surface area contributed by atoms with Crippen LogP contribution in [-0.4, -0.2) is 12.1 Å². The van der Waals surface area contributed by atoms with Gasteiger partial charge in [-0.1, -0.05) is 6.58 Å². The first-order chi connectivity index (χ1) is 7.30. The molecule has 0 aliphatic heterocycles. The molecule has 0 aliphatic carbocycles. The van der Waals surface area contributed by atoms with Gasteiger partial charge in [0.05, 0.1) is 0 Å². The van der Waals surface area contributed by atoms with Gasteiger partial charge in [0.1, 0.15) is 17.1 Å². The van der Waals surface area contributed by atoms with Crippen molar-refractivity contribution in [2.24, 2.45) is 0 Å². The smallest absolute Gasteiger partial charge is 0.422 e. The van der Waals surface area contributed by atoms with E-state index in [9.17, 15) is 22.4 Å². The van der Waals surface area contributed by atoms with E-state index in [4.69, 9.17) is 0 Å². The minimum Gasteiger partial charge on any atom is -0.423 e. The molecule has 16 heavy (non-hydrogen) atoms. The lowest BCUT2D eigenvalue weighted by Gasteiger charge is -2.09. The van der Waals surface area contributed by atoms with E-state index in [1.807, 2.05) is 0 Å². The lowest BCUT2D eigenvalue weighted by Crippen LogP contribution is -2.23. The molecule has 0 spiro atoms. The molecule has 86 valence electrons. The summed E-state index contributed by atoms with van der Waals surface area (Å²) in [6, 6.07) is 3.99. The van der Waals surface area contributed by atoms with Crippen LogP contribution in [0.2, 0.25) is 0 Å². The van der Waals surface area contributed by atoms with Gasteiger partial charge in [-0.05, 0) is 24.3 Å². The van der Waals surface area contributed by atoms with E-state index in [0.717, 1.165) is 24.3 Å². The molecule has 0 unspecified atom stereocenters. The van der Waals surface area contributed by atoms with E-state index in [1.165, 1.54) is 0 Å². The zero-order valence-electron chi connectivity index (χ0n) is 7.84. The Balaban J connectivity index is 2.72. The Labute approximate surface area is 88.1 Å². The zero-order valence-corrected chi connectivity index (χ0v) is 7.84. The second kappa shape index (κ2) is 4.34. The Bertz CT molecular complexity index is 406. The number of ether oxygens (including phenoxy) is 1. The molecule has 0 atom stereocenters. The lowest BCUT2D eigenvalue weighted by atomic mass is 10.3. The van der Waals surface area contributed by atoms with Gasteiger partial charge in [0.25, 0.3) is 0 Å². The van der Waals surface area contributed by atoms with Gasteiger partial charge in [-0.2, -0.15) is 13.2 Å². The van der Waals surface area contributed by atoms with E-state index in [0.29, 0.717) is 0 Å². The van der Waals surface area contributed by atoms with Gasteiger partial charge in [0.2, 0.25) is 0 Å². The number of carbonyl (C=O) groups is 1. The molecule has 1 rings (SSSR count). The normalized spacial score (nSPS) is 11.0. The summed E-state index contributed by atoms with van der Waals surface area (Å²) in [5.41, 5.74) is -1.61. The summed E-state index contributed by atoms with van der Waals surface area (Å²) in [5.74, 6) is -2.38. The highest BCUT2D eigenvalue weighted by molar-refractivity contribution is 5.90. The summed E-state index contributed by atoms with van der Waals surface area (Å²) in [4.78, 5) is 10.9. The van der Waals surface area contributed by atoms with Crippen molar-refractivity contribution in [2.75, 3.05) is 0 Å². The molecule has 0 aliphatic rings. The van der Waals surface area contributed by atoms with Gasteiger partial charge in [0, 0.05) is 0 Å². The predicted octanol–water partition coefficient (Wildman–Crippen LogP) is 2.85. The molecule has 0 N–H and O–H groups in total. The molecule has 0 fully saturated rings. The largest absolute Gasteiger partial charge is 0.423 e. The van der Waals surface area contributed by atoms with Gasteiger partial charge in [-0.15, -0.1) is 0 Å². The number of esters is 1. The Morgan fingerprint density at radius 2 is 1.69 bits per heavy atom. The summed E-state index contributed by atoms with van der Waals surface area (Å²) in [6.07, 6.45) is -4.84. The van der Waals surface area contributed by atoms with Crippen LogP contribution in [-0.2, 0) is 4.79 Å². The molecular formula is C10H6F4O2. The average molecular weight is 234 g/mol. The van der Waals surface area contributed by atoms with Crippen LogP contribution in [0.4, 0.5) is 17.6 Å². The highest BCUT2D eigenvalue weighted by Crippen LogP contribution is 2.25. The van der Waals surface area contributed by atoms with Crippen LogP contribution >= 0.6 is 0 Å². The lowest BCUT2D eigenvalue weighted by molar-refractivity contribution is -0.142. The van der Waals surface area contributed by atoms with E-state index in [2.05, 4.69) is 11.3 Å². The molecule has 0 radical (unpaired) electrons. The quantitative estimate of drug-likeness (QED) is 0.340. The van der Waals surface area contributed by atoms with Crippen LogP contribution in [0.1, 0.15) is 0 Å². The molecular weight excluding hydrogens is 228 g/mol. The van der Waals surface area contributed by atoms with Gasteiger partial charge in [0.15, 0.2) is 0 Å². The van der Waals surface area contributed by atoms with Crippen molar-refractivity contribution in [1.82, 2.24) is 0 Å². The second-order valence-electron chi connectivity index (χ2n) is 2.82. The summed E-state index contributed by atoms with van der Waals surface area (Å²) in [6.45, 7) is 2.57. The highest BCUT2D eigenvalue weighted by atomic mass is 19.4. The monoisotopic (exact) mass is 234 g/mol. The number of rotatable bonds is 2. The number of carbonyl (C=O) groups excluding carboxylic acids is 1. The van der Waals surface area contributed by atoms with Crippen LogP contribution in [0.5, 0.6) is 5.75 Å². The van der Waals surface area contributed by atoms with Crippen LogP contribution in [0.25, 0.3) is 0 Å². The first-order valence-corrected chi connectivity index (χ1v) is 4.04. The number of hydrogen-bond donors (Lipinski definition) is 0. The van der Waals surface area contributed by atoms with Crippen molar-refractivity contribution >= 4 is 5.97 Å². The Hall–Kier alpha value is -1.85. The van der Waals surface area contributed by atoms with E-state index in [-0.39, 0.29) is 5.75 Å². The first kappa shape index (κ1) is 12.2. The molecule has 1 aromatic carbocycles. The second-order valence-corrected chi connectivity index (χ2v) is 2.82. The van der Waals surface area contributed by atoms with E-state index >= 15 is 0 Å². The molecule has 2 nitrogen and oxygen atoms in total. The highest BCUT2D eigenvalue weighted by Gasteiger charge is 2.38. The number of halogens is 4. The fourth-order valence-corrected chi connectivity index (χ4v) is 0.787. The van der Waals surface area contributed by atoms with Crippen LogP contribution < -0.4 is 4.74 Å². The maximum atomic E-state index is 12.4.